The molecule has 8 heteroatoms. The highest BCUT2D eigenvalue weighted by Gasteiger charge is 2.41. The number of carbonyl (C=O) groups is 2. The number of hydrogen-bond donors (Lipinski definition) is 2. The van der Waals surface area contributed by atoms with Gasteiger partial charge in [-0.15, -0.1) is 0 Å². The molecule has 0 saturated carbocycles. The number of hydrogen-bond acceptors (Lipinski definition) is 5. The van der Waals surface area contributed by atoms with Crippen molar-refractivity contribution in [1.29, 1.82) is 0 Å². The summed E-state index contributed by atoms with van der Waals surface area (Å²) >= 11 is 0. The first-order valence-corrected chi connectivity index (χ1v) is 9.94. The van der Waals surface area contributed by atoms with Crippen molar-refractivity contribution in [2.24, 2.45) is 0 Å². The zero-order chi connectivity index (χ0) is 19.8. The predicted octanol–water partition coefficient (Wildman–Crippen LogP) is 2.45. The average molecular weight is 395 g/mol. The Kier molecular flexibility index (Phi) is 3.34. The molecule has 4 aromatic rings. The quantitative estimate of drug-likeness (QED) is 0.306. The molecule has 0 spiro atoms. The van der Waals surface area contributed by atoms with Gasteiger partial charge in [-0.3, -0.25) is 14.1 Å². The summed E-state index contributed by atoms with van der Waals surface area (Å²) in [6.07, 6.45) is -1.97. The van der Waals surface area contributed by atoms with Gasteiger partial charge in [0.25, 0.3) is 16.0 Å². The molecule has 2 N–H and O–H groups in total. The van der Waals surface area contributed by atoms with Gasteiger partial charge in [-0.05, 0) is 33.0 Å². The van der Waals surface area contributed by atoms with Crippen molar-refractivity contribution in [3.8, 4) is 0 Å². The minimum Gasteiger partial charge on any atom is -0.383 e. The van der Waals surface area contributed by atoms with Gasteiger partial charge in [0.2, 0.25) is 5.91 Å². The van der Waals surface area contributed by atoms with Crippen LogP contribution >= 0.6 is 0 Å². The van der Waals surface area contributed by atoms with Crippen LogP contribution in [0.5, 0.6) is 0 Å². The lowest BCUT2D eigenvalue weighted by Gasteiger charge is -2.21. The Labute approximate surface area is 158 Å². The van der Waals surface area contributed by atoms with Crippen LogP contribution in [0, 0.1) is 0 Å². The standard InChI is InChI=1S/C20H13NO6S/c22-15-9-16(23)21(20(15)24)14-8-12-5-4-10-2-1-3-11-6-7-13(18(12)17(10)11)19(14)28(25,26)27/h1-8,15,22H,9H2,(H,25,26,27). The summed E-state index contributed by atoms with van der Waals surface area (Å²) in [5.74, 6) is -1.64. The molecule has 1 aliphatic rings. The third kappa shape index (κ3) is 2.19. The van der Waals surface area contributed by atoms with Crippen LogP contribution in [0.4, 0.5) is 5.69 Å². The second-order valence-corrected chi connectivity index (χ2v) is 8.20. The molecule has 2 amide bonds. The van der Waals surface area contributed by atoms with E-state index in [1.54, 1.807) is 18.2 Å². The molecule has 1 fully saturated rings. The summed E-state index contributed by atoms with van der Waals surface area (Å²) in [6, 6.07) is 14.0. The van der Waals surface area contributed by atoms with Gasteiger partial charge >= 0.3 is 0 Å². The molecule has 7 nitrogen and oxygen atoms in total. The first kappa shape index (κ1) is 17.1. The van der Waals surface area contributed by atoms with Gasteiger partial charge in [-0.2, -0.15) is 8.42 Å². The second kappa shape index (κ2) is 5.48. The van der Waals surface area contributed by atoms with Crippen molar-refractivity contribution in [3.63, 3.8) is 0 Å². The molecule has 1 atom stereocenters. The van der Waals surface area contributed by atoms with E-state index in [1.165, 1.54) is 6.07 Å². The minimum atomic E-state index is -4.79. The van der Waals surface area contributed by atoms with Gasteiger partial charge < -0.3 is 5.11 Å². The van der Waals surface area contributed by atoms with E-state index in [9.17, 15) is 27.7 Å². The molecule has 0 aromatic heterocycles. The number of carbonyl (C=O) groups excluding carboxylic acids is 2. The molecule has 28 heavy (non-hydrogen) atoms. The average Bonchev–Trinajstić information content (AvgIpc) is 2.90. The van der Waals surface area contributed by atoms with Gasteiger partial charge in [0, 0.05) is 5.39 Å². The fraction of sp³-hybridized carbons (Fsp3) is 0.100. The zero-order valence-electron chi connectivity index (χ0n) is 14.3. The smallest absolute Gasteiger partial charge is 0.297 e. The Morgan fingerprint density at radius 3 is 2.18 bits per heavy atom. The summed E-state index contributed by atoms with van der Waals surface area (Å²) in [6.45, 7) is 0. The van der Waals surface area contributed by atoms with Gasteiger partial charge in [0.1, 0.15) is 11.0 Å². The molecule has 0 radical (unpaired) electrons. The molecule has 1 saturated heterocycles. The third-order valence-corrected chi connectivity index (χ3v) is 6.15. The lowest BCUT2D eigenvalue weighted by molar-refractivity contribution is -0.124. The normalized spacial score (nSPS) is 18.2. The number of amides is 2. The van der Waals surface area contributed by atoms with Crippen LogP contribution in [0.3, 0.4) is 0 Å². The van der Waals surface area contributed by atoms with Crippen molar-refractivity contribution >= 4 is 59.9 Å². The van der Waals surface area contributed by atoms with Crippen LogP contribution < -0.4 is 4.90 Å². The summed E-state index contributed by atoms with van der Waals surface area (Å²) in [5.41, 5.74) is -0.250. The van der Waals surface area contributed by atoms with E-state index in [-0.39, 0.29) is 11.1 Å². The first-order chi connectivity index (χ1) is 13.3. The van der Waals surface area contributed by atoms with Crippen LogP contribution in [0.1, 0.15) is 6.42 Å². The maximum absolute atomic E-state index is 12.3. The van der Waals surface area contributed by atoms with Crippen LogP contribution in [0.15, 0.2) is 53.4 Å². The van der Waals surface area contributed by atoms with Gasteiger partial charge in [0.15, 0.2) is 0 Å². The van der Waals surface area contributed by atoms with E-state index in [0.717, 1.165) is 16.2 Å². The van der Waals surface area contributed by atoms with E-state index in [0.29, 0.717) is 15.7 Å². The molecular weight excluding hydrogens is 382 g/mol. The number of nitrogens with zero attached hydrogens (tertiary/aromatic N) is 1. The molecule has 4 aromatic carbocycles. The Morgan fingerprint density at radius 1 is 0.929 bits per heavy atom. The number of aliphatic hydroxyl groups is 1. The van der Waals surface area contributed by atoms with Crippen molar-refractivity contribution in [2.45, 2.75) is 17.4 Å². The lowest BCUT2D eigenvalue weighted by atomic mass is 9.93. The second-order valence-electron chi connectivity index (χ2n) is 6.84. The van der Waals surface area contributed by atoms with Gasteiger partial charge in [0.05, 0.1) is 12.1 Å². The molecule has 1 heterocycles. The van der Waals surface area contributed by atoms with Crippen molar-refractivity contribution in [3.05, 3.63) is 48.5 Å². The molecule has 0 aliphatic carbocycles. The van der Waals surface area contributed by atoms with E-state index in [4.69, 9.17) is 0 Å². The topological polar surface area (TPSA) is 112 Å². The summed E-state index contributed by atoms with van der Waals surface area (Å²) < 4.78 is 34.6. The zero-order valence-corrected chi connectivity index (χ0v) is 15.1. The number of anilines is 1. The highest BCUT2D eigenvalue weighted by atomic mass is 32.2. The maximum atomic E-state index is 12.3. The van der Waals surface area contributed by atoms with Crippen molar-refractivity contribution < 1.29 is 27.7 Å². The lowest BCUT2D eigenvalue weighted by Crippen LogP contribution is -2.33. The monoisotopic (exact) mass is 395 g/mol. The van der Waals surface area contributed by atoms with E-state index >= 15 is 0 Å². The largest absolute Gasteiger partial charge is 0.383 e. The minimum absolute atomic E-state index is 0.210. The van der Waals surface area contributed by atoms with Crippen LogP contribution in [-0.4, -0.2) is 36.0 Å². The Balaban J connectivity index is 2.00. The van der Waals surface area contributed by atoms with E-state index < -0.39 is 39.4 Å². The molecule has 1 unspecified atom stereocenters. The van der Waals surface area contributed by atoms with Gasteiger partial charge in [-0.1, -0.05) is 42.5 Å². The number of imide groups is 1. The Morgan fingerprint density at radius 2 is 1.57 bits per heavy atom. The van der Waals surface area contributed by atoms with E-state index in [2.05, 4.69) is 0 Å². The fourth-order valence-corrected chi connectivity index (χ4v) is 4.94. The number of benzene rings is 4. The molecule has 0 bridgehead atoms. The maximum Gasteiger partial charge on any atom is 0.297 e. The highest BCUT2D eigenvalue weighted by molar-refractivity contribution is 7.86. The number of rotatable bonds is 2. The summed E-state index contributed by atoms with van der Waals surface area (Å²) in [5, 5.41) is 13.8. The van der Waals surface area contributed by atoms with Crippen LogP contribution in [0.2, 0.25) is 0 Å². The Bertz CT molecular complexity index is 1410. The fourth-order valence-electron chi connectivity index (χ4n) is 4.08. The van der Waals surface area contributed by atoms with Gasteiger partial charge in [-0.25, -0.2) is 4.90 Å². The predicted molar refractivity (Wildman–Crippen MR) is 103 cm³/mol. The molecule has 140 valence electrons. The first-order valence-electron chi connectivity index (χ1n) is 8.50. The molecular formula is C20H13NO6S. The number of aliphatic hydroxyl groups excluding tert-OH is 1. The SMILES string of the molecule is O=C1CC(O)C(=O)N1c1cc2ccc3cccc4ccc(c1S(=O)(=O)O)c2c34. The van der Waals surface area contributed by atoms with Crippen molar-refractivity contribution in [1.82, 2.24) is 0 Å². The summed E-state index contributed by atoms with van der Waals surface area (Å²) in [4.78, 5) is 24.7. The highest BCUT2D eigenvalue weighted by Crippen LogP contribution is 2.42. The van der Waals surface area contributed by atoms with Crippen LogP contribution in [0.25, 0.3) is 32.3 Å². The third-order valence-electron chi connectivity index (χ3n) is 5.20. The van der Waals surface area contributed by atoms with E-state index in [1.807, 2.05) is 24.3 Å². The van der Waals surface area contributed by atoms with Crippen molar-refractivity contribution in [2.75, 3.05) is 4.90 Å². The van der Waals surface area contributed by atoms with Crippen LogP contribution in [-0.2, 0) is 19.7 Å². The molecule has 5 rings (SSSR count). The molecule has 1 aliphatic heterocycles. The Hall–Kier alpha value is -3.07. The summed E-state index contributed by atoms with van der Waals surface area (Å²) in [7, 11) is -4.79.